The fourth-order valence-corrected chi connectivity index (χ4v) is 3.01. The van der Waals surface area contributed by atoms with Gasteiger partial charge in [-0.3, -0.25) is 4.79 Å². The predicted octanol–water partition coefficient (Wildman–Crippen LogP) is 5.13. The van der Waals surface area contributed by atoms with E-state index in [1.54, 1.807) is 0 Å². The summed E-state index contributed by atoms with van der Waals surface area (Å²) in [5.74, 6) is -0.988. The lowest BCUT2D eigenvalue weighted by Gasteiger charge is -2.16. The molecule has 122 valence electrons. The Morgan fingerprint density at radius 3 is 2.65 bits per heavy atom. The number of hydrogen-bond acceptors (Lipinski definition) is 2. The van der Waals surface area contributed by atoms with E-state index >= 15 is 0 Å². The number of para-hydroxylation sites is 1. The maximum absolute atomic E-state index is 13.6. The number of carbonyl (C=O) groups excluding carboxylic acids is 1. The highest BCUT2D eigenvalue weighted by Crippen LogP contribution is 2.28. The lowest BCUT2D eigenvalue weighted by molar-refractivity contribution is -0.113. The van der Waals surface area contributed by atoms with Gasteiger partial charge in [0, 0.05) is 10.6 Å². The van der Waals surface area contributed by atoms with Crippen LogP contribution in [0.25, 0.3) is 0 Å². The Morgan fingerprint density at radius 2 is 1.96 bits per heavy atom. The van der Waals surface area contributed by atoms with Crippen LogP contribution in [0.3, 0.4) is 0 Å². The van der Waals surface area contributed by atoms with E-state index in [1.807, 2.05) is 25.1 Å². The van der Waals surface area contributed by atoms with Gasteiger partial charge in [-0.15, -0.1) is 11.8 Å². The Kier molecular flexibility index (Phi) is 5.77. The summed E-state index contributed by atoms with van der Waals surface area (Å²) >= 11 is 0.982. The average Bonchev–Trinajstić information content (AvgIpc) is 2.50. The smallest absolute Gasteiger partial charge is 0.234 e. The minimum Gasteiger partial charge on any atom is -0.325 e. The molecule has 2 aromatic carbocycles. The van der Waals surface area contributed by atoms with Crippen LogP contribution in [0.1, 0.15) is 30.9 Å². The van der Waals surface area contributed by atoms with Crippen molar-refractivity contribution in [1.82, 2.24) is 0 Å². The lowest BCUT2D eigenvalue weighted by Crippen LogP contribution is -2.16. The van der Waals surface area contributed by atoms with Gasteiger partial charge in [-0.1, -0.05) is 32.0 Å². The van der Waals surface area contributed by atoms with Gasteiger partial charge in [-0.2, -0.15) is 0 Å². The van der Waals surface area contributed by atoms with Gasteiger partial charge >= 0.3 is 0 Å². The SMILES string of the molecule is Cc1cccc(C(C)C)c1NC(=O)CSc1cc(F)ccc1F. The molecule has 0 unspecified atom stereocenters. The first-order valence-electron chi connectivity index (χ1n) is 7.35. The number of rotatable bonds is 5. The Balaban J connectivity index is 2.07. The van der Waals surface area contributed by atoms with Crippen LogP contribution in [-0.4, -0.2) is 11.7 Å². The van der Waals surface area contributed by atoms with E-state index in [2.05, 4.69) is 19.2 Å². The minimum absolute atomic E-state index is 0.0201. The van der Waals surface area contributed by atoms with Gasteiger partial charge in [0.25, 0.3) is 0 Å². The van der Waals surface area contributed by atoms with Crippen LogP contribution in [0.4, 0.5) is 14.5 Å². The van der Waals surface area contributed by atoms with Crippen molar-refractivity contribution < 1.29 is 13.6 Å². The molecule has 1 amide bonds. The number of thioether (sulfide) groups is 1. The molecular weight excluding hydrogens is 316 g/mol. The van der Waals surface area contributed by atoms with E-state index < -0.39 is 11.6 Å². The number of halogens is 2. The molecule has 0 spiro atoms. The van der Waals surface area contributed by atoms with Crippen LogP contribution in [0.2, 0.25) is 0 Å². The zero-order valence-corrected chi connectivity index (χ0v) is 14.1. The van der Waals surface area contributed by atoms with Gasteiger partial charge in [0.2, 0.25) is 5.91 Å². The molecule has 0 saturated heterocycles. The first-order chi connectivity index (χ1) is 10.9. The van der Waals surface area contributed by atoms with Crippen molar-refractivity contribution in [3.8, 4) is 0 Å². The fraction of sp³-hybridized carbons (Fsp3) is 0.278. The monoisotopic (exact) mass is 335 g/mol. The summed E-state index contributed by atoms with van der Waals surface area (Å²) in [6.07, 6.45) is 0. The Labute approximate surface area is 139 Å². The van der Waals surface area contributed by atoms with Gasteiger partial charge in [0.15, 0.2) is 0 Å². The molecule has 0 aliphatic rings. The van der Waals surface area contributed by atoms with Gasteiger partial charge in [0.05, 0.1) is 5.75 Å². The fourth-order valence-electron chi connectivity index (χ4n) is 2.25. The van der Waals surface area contributed by atoms with Crippen molar-refractivity contribution in [2.45, 2.75) is 31.6 Å². The van der Waals surface area contributed by atoms with Gasteiger partial charge in [-0.05, 0) is 42.2 Å². The van der Waals surface area contributed by atoms with E-state index in [0.717, 1.165) is 46.8 Å². The Bertz CT molecular complexity index is 716. The van der Waals surface area contributed by atoms with E-state index in [1.165, 1.54) is 0 Å². The molecule has 2 aromatic rings. The number of benzene rings is 2. The summed E-state index contributed by atoms with van der Waals surface area (Å²) < 4.78 is 26.7. The quantitative estimate of drug-likeness (QED) is 0.768. The van der Waals surface area contributed by atoms with Crippen LogP contribution in [-0.2, 0) is 4.79 Å². The molecule has 0 atom stereocenters. The standard InChI is InChI=1S/C18H19F2NOS/c1-11(2)14-6-4-5-12(3)18(14)21-17(22)10-23-16-9-13(19)7-8-15(16)20/h4-9,11H,10H2,1-3H3,(H,21,22). The number of nitrogens with one attached hydrogen (secondary N) is 1. The summed E-state index contributed by atoms with van der Waals surface area (Å²) in [6.45, 7) is 6.05. The summed E-state index contributed by atoms with van der Waals surface area (Å²) in [4.78, 5) is 12.3. The van der Waals surface area contributed by atoms with Gasteiger partial charge < -0.3 is 5.32 Å². The van der Waals surface area contributed by atoms with Crippen molar-refractivity contribution in [2.75, 3.05) is 11.1 Å². The normalized spacial score (nSPS) is 10.9. The lowest BCUT2D eigenvalue weighted by atomic mass is 9.98. The summed E-state index contributed by atoms with van der Waals surface area (Å²) in [5.41, 5.74) is 2.83. The van der Waals surface area contributed by atoms with Crippen molar-refractivity contribution in [3.05, 3.63) is 59.2 Å². The van der Waals surface area contributed by atoms with Crippen LogP contribution in [0.15, 0.2) is 41.3 Å². The molecule has 2 rings (SSSR count). The predicted molar refractivity (Wildman–Crippen MR) is 91.0 cm³/mol. The topological polar surface area (TPSA) is 29.1 Å². The molecule has 0 fully saturated rings. The third-order valence-corrected chi connectivity index (χ3v) is 4.47. The molecule has 5 heteroatoms. The minimum atomic E-state index is -0.525. The first kappa shape index (κ1) is 17.5. The molecule has 23 heavy (non-hydrogen) atoms. The molecule has 0 bridgehead atoms. The highest BCUT2D eigenvalue weighted by Gasteiger charge is 2.13. The van der Waals surface area contributed by atoms with Crippen LogP contribution in [0, 0.1) is 18.6 Å². The van der Waals surface area contributed by atoms with Crippen LogP contribution >= 0.6 is 11.8 Å². The van der Waals surface area contributed by atoms with Crippen molar-refractivity contribution in [1.29, 1.82) is 0 Å². The van der Waals surface area contributed by atoms with Crippen LogP contribution < -0.4 is 5.32 Å². The largest absolute Gasteiger partial charge is 0.325 e. The number of hydrogen-bond donors (Lipinski definition) is 1. The molecule has 0 saturated carbocycles. The summed E-state index contributed by atoms with van der Waals surface area (Å²) in [5, 5.41) is 2.89. The third-order valence-electron chi connectivity index (χ3n) is 3.44. The van der Waals surface area contributed by atoms with Crippen molar-refractivity contribution in [3.63, 3.8) is 0 Å². The zero-order valence-electron chi connectivity index (χ0n) is 13.3. The Hall–Kier alpha value is -1.88. The molecule has 0 radical (unpaired) electrons. The first-order valence-corrected chi connectivity index (χ1v) is 8.34. The van der Waals surface area contributed by atoms with E-state index in [-0.39, 0.29) is 22.5 Å². The van der Waals surface area contributed by atoms with Gasteiger partial charge in [-0.25, -0.2) is 8.78 Å². The van der Waals surface area contributed by atoms with E-state index in [9.17, 15) is 13.6 Å². The van der Waals surface area contributed by atoms with Crippen molar-refractivity contribution >= 4 is 23.4 Å². The van der Waals surface area contributed by atoms with Gasteiger partial charge in [0.1, 0.15) is 11.6 Å². The number of carbonyl (C=O) groups is 1. The second-order valence-corrected chi connectivity index (χ2v) is 6.62. The molecule has 0 aromatic heterocycles. The second kappa shape index (κ2) is 7.59. The maximum Gasteiger partial charge on any atom is 0.234 e. The molecule has 0 aliphatic carbocycles. The zero-order chi connectivity index (χ0) is 17.0. The van der Waals surface area contributed by atoms with Crippen LogP contribution in [0.5, 0.6) is 0 Å². The Morgan fingerprint density at radius 1 is 1.22 bits per heavy atom. The molecule has 0 heterocycles. The molecule has 2 nitrogen and oxygen atoms in total. The third kappa shape index (κ3) is 4.55. The maximum atomic E-state index is 13.6. The summed E-state index contributed by atoms with van der Waals surface area (Å²) in [6, 6.07) is 9.08. The van der Waals surface area contributed by atoms with E-state index in [4.69, 9.17) is 0 Å². The highest BCUT2D eigenvalue weighted by molar-refractivity contribution is 8.00. The van der Waals surface area contributed by atoms with E-state index in [0.29, 0.717) is 0 Å². The average molecular weight is 335 g/mol. The molecular formula is C18H19F2NOS. The highest BCUT2D eigenvalue weighted by atomic mass is 32.2. The number of aryl methyl sites for hydroxylation is 1. The molecule has 0 aliphatic heterocycles. The second-order valence-electron chi connectivity index (χ2n) is 5.61. The number of anilines is 1. The molecule has 1 N–H and O–H groups in total. The van der Waals surface area contributed by atoms with Crippen molar-refractivity contribution in [2.24, 2.45) is 0 Å². The number of amides is 1. The summed E-state index contributed by atoms with van der Waals surface area (Å²) in [7, 11) is 0.